The zero-order valence-corrected chi connectivity index (χ0v) is 15.0. The van der Waals surface area contributed by atoms with Crippen molar-refractivity contribution in [2.45, 2.75) is 11.7 Å². The van der Waals surface area contributed by atoms with Crippen molar-refractivity contribution in [1.29, 1.82) is 0 Å². The van der Waals surface area contributed by atoms with Crippen LogP contribution in [0.3, 0.4) is 0 Å². The highest BCUT2D eigenvalue weighted by molar-refractivity contribution is 7.99. The fraction of sp³-hybridized carbons (Fsp3) is 0.118. The maximum absolute atomic E-state index is 11.0. The van der Waals surface area contributed by atoms with Crippen LogP contribution in [-0.4, -0.2) is 15.2 Å². The van der Waals surface area contributed by atoms with Gasteiger partial charge in [-0.25, -0.2) is 4.57 Å². The van der Waals surface area contributed by atoms with E-state index in [-0.39, 0.29) is 27.6 Å². The Morgan fingerprint density at radius 3 is 2.67 bits per heavy atom. The Morgan fingerprint density at radius 2 is 1.92 bits per heavy atom. The molecule has 0 spiro atoms. The van der Waals surface area contributed by atoms with Gasteiger partial charge in [-0.05, 0) is 23.9 Å². The van der Waals surface area contributed by atoms with Crippen molar-refractivity contribution >= 4 is 17.4 Å². The molecule has 0 aliphatic carbocycles. The number of nitrogens with zero attached hydrogens (tertiary/aromatic N) is 3. The van der Waals surface area contributed by atoms with Crippen molar-refractivity contribution in [2.24, 2.45) is 0 Å². The first-order valence-electron chi connectivity index (χ1n) is 7.32. The molecule has 122 valence electrons. The van der Waals surface area contributed by atoms with E-state index in [9.17, 15) is 10.1 Å². The second kappa shape index (κ2) is 6.78. The first-order valence-corrected chi connectivity index (χ1v) is 8.31. The molecule has 0 saturated heterocycles. The average molecular weight is 404 g/mol. The minimum Gasteiger partial charge on any atom is -1.00 e. The molecule has 0 fully saturated rings. The second-order valence-electron chi connectivity index (χ2n) is 5.31. The summed E-state index contributed by atoms with van der Waals surface area (Å²) in [7, 11) is 0. The minimum absolute atomic E-state index is 0. The molecule has 0 radical (unpaired) electrons. The predicted molar refractivity (Wildman–Crippen MR) is 88.8 cm³/mol. The molecule has 0 bridgehead atoms. The minimum atomic E-state index is -0.350. The van der Waals surface area contributed by atoms with E-state index in [0.29, 0.717) is 0 Å². The Kier molecular flexibility index (Phi) is 4.73. The van der Waals surface area contributed by atoms with Crippen LogP contribution in [0, 0.1) is 10.1 Å². The Morgan fingerprint density at radius 1 is 1.12 bits per heavy atom. The van der Waals surface area contributed by atoms with Crippen molar-refractivity contribution in [3.63, 3.8) is 0 Å². The number of para-hydroxylation sites is 1. The lowest BCUT2D eigenvalue weighted by molar-refractivity contribution is -0.713. The first-order chi connectivity index (χ1) is 11.2. The summed E-state index contributed by atoms with van der Waals surface area (Å²) in [5.41, 5.74) is 3.10. The number of imidazole rings is 1. The average Bonchev–Trinajstić information content (AvgIpc) is 3.18. The van der Waals surface area contributed by atoms with E-state index >= 15 is 0 Å². The van der Waals surface area contributed by atoms with Gasteiger partial charge in [0.05, 0.1) is 4.92 Å². The number of halogens is 1. The van der Waals surface area contributed by atoms with E-state index in [1.54, 1.807) is 12.1 Å². The quantitative estimate of drug-likeness (QED) is 0.362. The van der Waals surface area contributed by atoms with Crippen molar-refractivity contribution in [2.75, 3.05) is 5.75 Å². The van der Waals surface area contributed by atoms with Crippen molar-refractivity contribution in [1.82, 2.24) is 4.57 Å². The van der Waals surface area contributed by atoms with Gasteiger partial charge in [0.2, 0.25) is 0 Å². The van der Waals surface area contributed by atoms with Gasteiger partial charge in [-0.2, -0.15) is 4.57 Å². The third-order valence-electron chi connectivity index (χ3n) is 3.91. The normalized spacial score (nSPS) is 12.5. The topological polar surface area (TPSA) is 52.0 Å². The number of hydrogen-bond acceptors (Lipinski definition) is 3. The van der Waals surface area contributed by atoms with Gasteiger partial charge in [0.1, 0.15) is 18.4 Å². The lowest BCUT2D eigenvalue weighted by Gasteiger charge is -1.98. The number of aromatic nitrogens is 2. The third-order valence-corrected chi connectivity index (χ3v) is 4.97. The highest BCUT2D eigenvalue weighted by Gasteiger charge is 2.30. The number of thioether (sulfide) groups is 1. The molecule has 4 rings (SSSR count). The zero-order valence-electron chi connectivity index (χ0n) is 12.6. The van der Waals surface area contributed by atoms with Crippen LogP contribution in [0.15, 0.2) is 66.0 Å². The fourth-order valence-corrected chi connectivity index (χ4v) is 3.95. The molecular weight excluding hydrogens is 390 g/mol. The predicted octanol–water partition coefficient (Wildman–Crippen LogP) is 0.450. The first kappa shape index (κ1) is 16.7. The van der Waals surface area contributed by atoms with Gasteiger partial charge in [0.15, 0.2) is 5.69 Å². The number of hydrogen-bond donors (Lipinski definition) is 0. The summed E-state index contributed by atoms with van der Waals surface area (Å²) < 4.78 is 4.39. The number of rotatable bonds is 3. The molecule has 0 unspecified atom stereocenters. The molecule has 3 aromatic rings. The van der Waals surface area contributed by atoms with Crippen LogP contribution in [0.2, 0.25) is 0 Å². The highest BCUT2D eigenvalue weighted by Crippen LogP contribution is 2.30. The van der Waals surface area contributed by atoms with Gasteiger partial charge in [0, 0.05) is 23.4 Å². The molecule has 24 heavy (non-hydrogen) atoms. The van der Waals surface area contributed by atoms with Crippen molar-refractivity contribution < 1.29 is 26.5 Å². The molecule has 7 heteroatoms. The van der Waals surface area contributed by atoms with Gasteiger partial charge in [-0.1, -0.05) is 30.3 Å². The largest absolute Gasteiger partial charge is 1.00 e. The summed E-state index contributed by atoms with van der Waals surface area (Å²) in [6.45, 7) is 0.915. The van der Waals surface area contributed by atoms with Crippen LogP contribution in [0.4, 0.5) is 5.69 Å². The number of nitro groups is 1. The molecule has 5 nitrogen and oxygen atoms in total. The van der Waals surface area contributed by atoms with Crippen LogP contribution < -0.4 is 21.5 Å². The summed E-state index contributed by atoms with van der Waals surface area (Å²) in [5, 5.41) is 12.2. The molecule has 0 atom stereocenters. The highest BCUT2D eigenvalue weighted by atomic mass is 79.9. The van der Waals surface area contributed by atoms with E-state index in [4.69, 9.17) is 0 Å². The second-order valence-corrected chi connectivity index (χ2v) is 6.37. The summed E-state index contributed by atoms with van der Waals surface area (Å²) in [4.78, 5) is 10.7. The van der Waals surface area contributed by atoms with Gasteiger partial charge in [0.25, 0.3) is 5.69 Å². The van der Waals surface area contributed by atoms with E-state index in [2.05, 4.69) is 27.5 Å². The fourth-order valence-electron chi connectivity index (χ4n) is 2.85. The standard InChI is InChI=1S/C17H14N3O2S.BrH/c21-20(22)15-8-4-5-13(11-15)16-12-19(14-6-2-1-3-7-14)17-18(16)9-10-23-17;/h1-8,11-12H,9-10H2;1H/q+1;/p-1. The monoisotopic (exact) mass is 403 g/mol. The molecule has 2 aromatic carbocycles. The lowest BCUT2D eigenvalue weighted by atomic mass is 10.1. The number of non-ortho nitro benzene ring substituents is 1. The molecular formula is C17H14BrN3O2S. The maximum atomic E-state index is 11.0. The van der Waals surface area contributed by atoms with Crippen LogP contribution in [0.25, 0.3) is 16.9 Å². The van der Waals surface area contributed by atoms with E-state index in [1.807, 2.05) is 36.0 Å². The molecule has 1 aliphatic heterocycles. The van der Waals surface area contributed by atoms with Crippen LogP contribution in [0.5, 0.6) is 0 Å². The van der Waals surface area contributed by atoms with Gasteiger partial charge < -0.3 is 17.0 Å². The molecule has 0 saturated carbocycles. The molecule has 0 N–H and O–H groups in total. The summed E-state index contributed by atoms with van der Waals surface area (Å²) in [5.74, 6) is 1.02. The third kappa shape index (κ3) is 2.85. The van der Waals surface area contributed by atoms with E-state index in [0.717, 1.165) is 34.4 Å². The van der Waals surface area contributed by atoms with Crippen LogP contribution in [-0.2, 0) is 6.54 Å². The maximum Gasteiger partial charge on any atom is 0.323 e. The van der Waals surface area contributed by atoms with Gasteiger partial charge >= 0.3 is 5.16 Å². The summed E-state index contributed by atoms with van der Waals surface area (Å²) in [6.07, 6.45) is 2.07. The van der Waals surface area contributed by atoms with E-state index in [1.165, 1.54) is 6.07 Å². The Labute approximate surface area is 153 Å². The SMILES string of the molecule is O=[N+]([O-])c1cccc(-c2cn(-c3ccccc3)c3[n+]2CCS3)c1.[Br-]. The van der Waals surface area contributed by atoms with Crippen LogP contribution in [0.1, 0.15) is 0 Å². The number of fused-ring (bicyclic) bond motifs is 1. The Hall–Kier alpha value is -2.12. The Balaban J connectivity index is 0.00000169. The van der Waals surface area contributed by atoms with Crippen molar-refractivity contribution in [3.8, 4) is 16.9 Å². The lowest BCUT2D eigenvalue weighted by Crippen LogP contribution is -3.00. The molecule has 2 heterocycles. The van der Waals surface area contributed by atoms with Gasteiger partial charge in [-0.3, -0.25) is 10.1 Å². The zero-order chi connectivity index (χ0) is 15.8. The number of nitro benzene ring substituents is 1. The van der Waals surface area contributed by atoms with E-state index < -0.39 is 0 Å². The summed E-state index contributed by atoms with van der Waals surface area (Å²) in [6, 6.07) is 17.0. The molecule has 1 aliphatic rings. The Bertz CT molecular complexity index is 896. The molecule has 1 aromatic heterocycles. The summed E-state index contributed by atoms with van der Waals surface area (Å²) >= 11 is 1.81. The molecule has 0 amide bonds. The van der Waals surface area contributed by atoms with Crippen molar-refractivity contribution in [3.05, 3.63) is 70.9 Å². The number of benzene rings is 2. The smallest absolute Gasteiger partial charge is 0.323 e. The van der Waals surface area contributed by atoms with Crippen LogP contribution >= 0.6 is 11.8 Å². The van der Waals surface area contributed by atoms with Gasteiger partial charge in [-0.15, -0.1) is 0 Å².